The summed E-state index contributed by atoms with van der Waals surface area (Å²) in [5.74, 6) is -0.173. The van der Waals surface area contributed by atoms with Crippen LogP contribution in [0.4, 0.5) is 0 Å². The molecule has 0 unspecified atom stereocenters. The molecule has 0 amide bonds. The smallest absolute Gasteiger partial charge is 0.335 e. The predicted octanol–water partition coefficient (Wildman–Crippen LogP) is 3.07. The first-order chi connectivity index (χ1) is 8.25. The van der Waals surface area contributed by atoms with Gasteiger partial charge >= 0.3 is 5.97 Å². The minimum atomic E-state index is -0.894. The van der Waals surface area contributed by atoms with Crippen LogP contribution < -0.4 is 0 Å². The fourth-order valence-electron chi connectivity index (χ4n) is 1.38. The van der Waals surface area contributed by atoms with E-state index in [9.17, 15) is 4.79 Å². The molecule has 0 atom stereocenters. The molecular weight excluding hydrogens is 234 g/mol. The first-order valence-corrected chi connectivity index (χ1v) is 6.10. The Bertz CT molecular complexity index is 514. The van der Waals surface area contributed by atoms with E-state index in [1.807, 2.05) is 24.3 Å². The predicted molar refractivity (Wildman–Crippen MR) is 67.2 cm³/mol. The fourth-order valence-corrected chi connectivity index (χ4v) is 2.19. The lowest BCUT2D eigenvalue weighted by Crippen LogP contribution is -1.96. The molecule has 3 nitrogen and oxygen atoms in total. The molecular formula is C13H11NO2S. The van der Waals surface area contributed by atoms with Gasteiger partial charge in [-0.3, -0.25) is 0 Å². The molecule has 0 bridgehead atoms. The Morgan fingerprint density at radius 1 is 1.24 bits per heavy atom. The average molecular weight is 245 g/mol. The second-order valence-corrected chi connectivity index (χ2v) is 4.46. The van der Waals surface area contributed by atoms with Crippen LogP contribution in [0.2, 0.25) is 0 Å². The van der Waals surface area contributed by atoms with Crippen LogP contribution in [0.1, 0.15) is 15.9 Å². The van der Waals surface area contributed by atoms with Crippen LogP contribution in [0.25, 0.3) is 0 Å². The summed E-state index contributed by atoms with van der Waals surface area (Å²) in [4.78, 5) is 15.0. The van der Waals surface area contributed by atoms with Gasteiger partial charge in [0.15, 0.2) is 0 Å². The summed E-state index contributed by atoms with van der Waals surface area (Å²) in [7, 11) is 0. The number of carbonyl (C=O) groups is 1. The molecule has 2 rings (SSSR count). The zero-order chi connectivity index (χ0) is 12.1. The quantitative estimate of drug-likeness (QED) is 0.841. The van der Waals surface area contributed by atoms with Crippen molar-refractivity contribution in [2.75, 3.05) is 0 Å². The fraction of sp³-hybridized carbons (Fsp3) is 0.0769. The monoisotopic (exact) mass is 245 g/mol. The highest BCUT2D eigenvalue weighted by Gasteiger charge is 2.03. The molecule has 0 fully saturated rings. The second-order valence-electron chi connectivity index (χ2n) is 3.46. The summed E-state index contributed by atoms with van der Waals surface area (Å²) < 4.78 is 0. The minimum absolute atomic E-state index is 0.323. The van der Waals surface area contributed by atoms with Gasteiger partial charge < -0.3 is 5.11 Å². The molecule has 0 aliphatic rings. The maximum absolute atomic E-state index is 10.8. The summed E-state index contributed by atoms with van der Waals surface area (Å²) in [5, 5.41) is 9.81. The number of carboxylic acids is 1. The van der Waals surface area contributed by atoms with Crippen LogP contribution in [0, 0.1) is 0 Å². The normalized spacial score (nSPS) is 10.1. The number of carboxylic acid groups (broad SMARTS) is 1. The van der Waals surface area contributed by atoms with E-state index in [1.165, 1.54) is 0 Å². The van der Waals surface area contributed by atoms with Crippen LogP contribution in [-0.2, 0) is 5.75 Å². The SMILES string of the molecule is O=C(O)c1cccc(CSc2ccccn2)c1. The van der Waals surface area contributed by atoms with E-state index in [-0.39, 0.29) is 0 Å². The van der Waals surface area contributed by atoms with Crippen molar-refractivity contribution in [3.63, 3.8) is 0 Å². The van der Waals surface area contributed by atoms with Crippen molar-refractivity contribution >= 4 is 17.7 Å². The maximum Gasteiger partial charge on any atom is 0.335 e. The highest BCUT2D eigenvalue weighted by molar-refractivity contribution is 7.98. The zero-order valence-electron chi connectivity index (χ0n) is 9.04. The Morgan fingerprint density at radius 3 is 2.82 bits per heavy atom. The van der Waals surface area contributed by atoms with Gasteiger partial charge in [0.05, 0.1) is 10.6 Å². The van der Waals surface area contributed by atoms with E-state index in [0.29, 0.717) is 5.56 Å². The van der Waals surface area contributed by atoms with Crippen molar-refractivity contribution < 1.29 is 9.90 Å². The third-order valence-corrected chi connectivity index (χ3v) is 3.21. The van der Waals surface area contributed by atoms with Crippen molar-refractivity contribution in [2.45, 2.75) is 10.8 Å². The van der Waals surface area contributed by atoms with Crippen LogP contribution in [0.3, 0.4) is 0 Å². The Labute approximate surface area is 104 Å². The van der Waals surface area contributed by atoms with Crippen molar-refractivity contribution in [1.82, 2.24) is 4.98 Å². The standard InChI is InChI=1S/C13H11NO2S/c15-13(16)11-5-3-4-10(8-11)9-17-12-6-1-2-7-14-12/h1-8H,9H2,(H,15,16). The largest absolute Gasteiger partial charge is 0.478 e. The molecule has 1 aromatic carbocycles. The Morgan fingerprint density at radius 2 is 2.12 bits per heavy atom. The lowest BCUT2D eigenvalue weighted by molar-refractivity contribution is 0.0697. The number of thioether (sulfide) groups is 1. The van der Waals surface area contributed by atoms with E-state index in [0.717, 1.165) is 16.3 Å². The van der Waals surface area contributed by atoms with Gasteiger partial charge in [-0.25, -0.2) is 9.78 Å². The summed E-state index contributed by atoms with van der Waals surface area (Å²) in [6.07, 6.45) is 1.75. The highest BCUT2D eigenvalue weighted by Crippen LogP contribution is 2.20. The lowest BCUT2D eigenvalue weighted by atomic mass is 10.1. The lowest BCUT2D eigenvalue weighted by Gasteiger charge is -2.02. The number of rotatable bonds is 4. The van der Waals surface area contributed by atoms with Gasteiger partial charge in [0.2, 0.25) is 0 Å². The van der Waals surface area contributed by atoms with E-state index in [1.54, 1.807) is 36.2 Å². The van der Waals surface area contributed by atoms with Gasteiger partial charge in [0.25, 0.3) is 0 Å². The zero-order valence-corrected chi connectivity index (χ0v) is 9.85. The van der Waals surface area contributed by atoms with Gasteiger partial charge in [-0.05, 0) is 29.8 Å². The molecule has 1 aromatic heterocycles. The average Bonchev–Trinajstić information content (AvgIpc) is 2.38. The molecule has 0 spiro atoms. The molecule has 0 aliphatic heterocycles. The molecule has 0 aliphatic carbocycles. The van der Waals surface area contributed by atoms with E-state index in [4.69, 9.17) is 5.11 Å². The number of pyridine rings is 1. The molecule has 0 radical (unpaired) electrons. The van der Waals surface area contributed by atoms with Crippen LogP contribution >= 0.6 is 11.8 Å². The van der Waals surface area contributed by atoms with E-state index >= 15 is 0 Å². The number of aromatic carboxylic acids is 1. The molecule has 1 N–H and O–H groups in total. The van der Waals surface area contributed by atoms with Crippen LogP contribution in [-0.4, -0.2) is 16.1 Å². The Kier molecular flexibility index (Phi) is 3.77. The van der Waals surface area contributed by atoms with Crippen molar-refractivity contribution in [3.05, 3.63) is 59.8 Å². The topological polar surface area (TPSA) is 50.2 Å². The number of aromatic nitrogens is 1. The van der Waals surface area contributed by atoms with Crippen molar-refractivity contribution in [1.29, 1.82) is 0 Å². The molecule has 86 valence electrons. The number of hydrogen-bond acceptors (Lipinski definition) is 3. The highest BCUT2D eigenvalue weighted by atomic mass is 32.2. The molecule has 0 saturated heterocycles. The third-order valence-electron chi connectivity index (χ3n) is 2.20. The molecule has 2 aromatic rings. The number of hydrogen-bond donors (Lipinski definition) is 1. The summed E-state index contributed by atoms with van der Waals surface area (Å²) >= 11 is 1.59. The molecule has 0 saturated carbocycles. The van der Waals surface area contributed by atoms with Gasteiger partial charge in [0.1, 0.15) is 0 Å². The number of benzene rings is 1. The van der Waals surface area contributed by atoms with Crippen molar-refractivity contribution in [3.8, 4) is 0 Å². The first kappa shape index (κ1) is 11.7. The molecule has 17 heavy (non-hydrogen) atoms. The summed E-state index contributed by atoms with van der Waals surface area (Å²) in [6, 6.07) is 12.7. The summed E-state index contributed by atoms with van der Waals surface area (Å²) in [6.45, 7) is 0. The van der Waals surface area contributed by atoms with Crippen LogP contribution in [0.15, 0.2) is 53.7 Å². The van der Waals surface area contributed by atoms with Gasteiger partial charge in [-0.1, -0.05) is 18.2 Å². The Hall–Kier alpha value is -1.81. The van der Waals surface area contributed by atoms with Gasteiger partial charge in [-0.15, -0.1) is 11.8 Å². The number of nitrogens with zero attached hydrogens (tertiary/aromatic N) is 1. The minimum Gasteiger partial charge on any atom is -0.478 e. The van der Waals surface area contributed by atoms with Crippen molar-refractivity contribution in [2.24, 2.45) is 0 Å². The molecule has 4 heteroatoms. The van der Waals surface area contributed by atoms with Crippen LogP contribution in [0.5, 0.6) is 0 Å². The van der Waals surface area contributed by atoms with E-state index < -0.39 is 5.97 Å². The third kappa shape index (κ3) is 3.32. The van der Waals surface area contributed by atoms with Gasteiger partial charge in [-0.2, -0.15) is 0 Å². The first-order valence-electron chi connectivity index (χ1n) is 5.12. The summed E-state index contributed by atoms with van der Waals surface area (Å²) in [5.41, 5.74) is 1.31. The van der Waals surface area contributed by atoms with E-state index in [2.05, 4.69) is 4.98 Å². The molecule has 1 heterocycles. The van der Waals surface area contributed by atoms with Gasteiger partial charge in [0, 0.05) is 11.9 Å². The maximum atomic E-state index is 10.8. The second kappa shape index (κ2) is 5.50. The Balaban J connectivity index is 2.04.